The summed E-state index contributed by atoms with van der Waals surface area (Å²) in [6, 6.07) is 14.1. The fourth-order valence-corrected chi connectivity index (χ4v) is 2.85. The van der Waals surface area contributed by atoms with Crippen LogP contribution in [0.4, 0.5) is 0 Å². The summed E-state index contributed by atoms with van der Waals surface area (Å²) < 4.78 is 5.14. The van der Waals surface area contributed by atoms with Crippen molar-refractivity contribution in [3.63, 3.8) is 0 Å². The number of methoxy groups -OCH3 is 1. The number of halogens is 1. The van der Waals surface area contributed by atoms with E-state index in [0.29, 0.717) is 0 Å². The van der Waals surface area contributed by atoms with E-state index in [-0.39, 0.29) is 0 Å². The van der Waals surface area contributed by atoms with E-state index in [0.717, 1.165) is 27.1 Å². The molecule has 0 aliphatic rings. The van der Waals surface area contributed by atoms with Gasteiger partial charge in [-0.2, -0.15) is 0 Å². The first-order chi connectivity index (χ1) is 9.22. The largest absolute Gasteiger partial charge is 0.497 e. The summed E-state index contributed by atoms with van der Waals surface area (Å²) in [4.78, 5) is 2.20. The maximum absolute atomic E-state index is 6.30. The SMILES string of the molecule is CNCc1ccc(Sc2ccc(OC)cc2)c(Cl)c1. The Hall–Kier alpha value is -1.16. The Labute approximate surface area is 123 Å². The molecular weight excluding hydrogens is 278 g/mol. The molecule has 2 nitrogen and oxygen atoms in total. The molecule has 0 aliphatic carbocycles. The Kier molecular flexibility index (Phi) is 5.14. The second-order valence-corrected chi connectivity index (χ2v) is 5.60. The van der Waals surface area contributed by atoms with E-state index in [1.54, 1.807) is 18.9 Å². The van der Waals surface area contributed by atoms with Crippen LogP contribution in [0.5, 0.6) is 5.75 Å². The average Bonchev–Trinajstić information content (AvgIpc) is 2.43. The lowest BCUT2D eigenvalue weighted by atomic mass is 10.2. The molecule has 0 heterocycles. The van der Waals surface area contributed by atoms with Crippen molar-refractivity contribution in [2.45, 2.75) is 16.3 Å². The van der Waals surface area contributed by atoms with Gasteiger partial charge in [-0.3, -0.25) is 0 Å². The summed E-state index contributed by atoms with van der Waals surface area (Å²) in [5, 5.41) is 3.90. The Morgan fingerprint density at radius 3 is 2.47 bits per heavy atom. The van der Waals surface area contributed by atoms with E-state index in [4.69, 9.17) is 16.3 Å². The Balaban J connectivity index is 2.13. The van der Waals surface area contributed by atoms with E-state index < -0.39 is 0 Å². The maximum Gasteiger partial charge on any atom is 0.118 e. The molecule has 0 saturated carbocycles. The predicted molar refractivity (Wildman–Crippen MR) is 81.3 cm³/mol. The Morgan fingerprint density at radius 1 is 1.16 bits per heavy atom. The lowest BCUT2D eigenvalue weighted by Gasteiger charge is -2.07. The molecule has 0 aromatic heterocycles. The van der Waals surface area contributed by atoms with E-state index in [2.05, 4.69) is 17.4 Å². The van der Waals surface area contributed by atoms with Crippen LogP contribution in [0.3, 0.4) is 0 Å². The zero-order valence-electron chi connectivity index (χ0n) is 10.9. The topological polar surface area (TPSA) is 21.3 Å². The van der Waals surface area contributed by atoms with Gasteiger partial charge < -0.3 is 10.1 Å². The molecule has 2 aromatic carbocycles. The first kappa shape index (κ1) is 14.3. The van der Waals surface area contributed by atoms with Crippen molar-refractivity contribution < 1.29 is 4.74 Å². The standard InChI is InChI=1S/C15H16ClNOS/c1-17-10-11-3-8-15(14(16)9-11)19-13-6-4-12(18-2)5-7-13/h3-9,17H,10H2,1-2H3. The van der Waals surface area contributed by atoms with Crippen LogP contribution >= 0.6 is 23.4 Å². The van der Waals surface area contributed by atoms with Crippen LogP contribution in [0.25, 0.3) is 0 Å². The molecule has 19 heavy (non-hydrogen) atoms. The molecule has 0 spiro atoms. The third-order valence-electron chi connectivity index (χ3n) is 2.66. The molecule has 0 bridgehead atoms. The molecular formula is C15H16ClNOS. The van der Waals surface area contributed by atoms with Crippen LogP contribution < -0.4 is 10.1 Å². The molecule has 0 radical (unpaired) electrons. The van der Waals surface area contributed by atoms with Crippen LogP contribution in [-0.2, 0) is 6.54 Å². The van der Waals surface area contributed by atoms with Crippen LogP contribution in [-0.4, -0.2) is 14.2 Å². The third kappa shape index (κ3) is 3.90. The van der Waals surface area contributed by atoms with Gasteiger partial charge in [-0.05, 0) is 49.0 Å². The molecule has 0 aliphatic heterocycles. The quantitative estimate of drug-likeness (QED) is 0.892. The minimum absolute atomic E-state index is 0.786. The Bertz CT molecular complexity index is 542. The van der Waals surface area contributed by atoms with Gasteiger partial charge in [0.25, 0.3) is 0 Å². The second-order valence-electron chi connectivity index (χ2n) is 4.07. The van der Waals surface area contributed by atoms with Gasteiger partial charge >= 0.3 is 0 Å². The van der Waals surface area contributed by atoms with Gasteiger partial charge in [0.15, 0.2) is 0 Å². The van der Waals surface area contributed by atoms with Crippen molar-refractivity contribution in [2.24, 2.45) is 0 Å². The summed E-state index contributed by atoms with van der Waals surface area (Å²) in [5.41, 5.74) is 1.19. The van der Waals surface area contributed by atoms with Crippen LogP contribution in [0.15, 0.2) is 52.3 Å². The highest BCUT2D eigenvalue weighted by atomic mass is 35.5. The van der Waals surface area contributed by atoms with Gasteiger partial charge in [-0.15, -0.1) is 0 Å². The number of rotatable bonds is 5. The number of nitrogens with one attached hydrogen (secondary N) is 1. The molecule has 1 N–H and O–H groups in total. The molecule has 0 amide bonds. The minimum Gasteiger partial charge on any atom is -0.497 e. The molecule has 0 fully saturated rings. The average molecular weight is 294 g/mol. The summed E-state index contributed by atoms with van der Waals surface area (Å²) >= 11 is 7.95. The molecule has 4 heteroatoms. The lowest BCUT2D eigenvalue weighted by molar-refractivity contribution is 0.414. The van der Waals surface area contributed by atoms with Crippen molar-refractivity contribution in [1.29, 1.82) is 0 Å². The molecule has 100 valence electrons. The third-order valence-corrected chi connectivity index (χ3v) is 4.17. The van der Waals surface area contributed by atoms with Crippen molar-refractivity contribution in [3.8, 4) is 5.75 Å². The van der Waals surface area contributed by atoms with E-state index in [9.17, 15) is 0 Å². The molecule has 2 aromatic rings. The number of benzene rings is 2. The normalized spacial score (nSPS) is 10.5. The summed E-state index contributed by atoms with van der Waals surface area (Å²) in [6.07, 6.45) is 0. The van der Waals surface area contributed by atoms with Crippen LogP contribution in [0.1, 0.15) is 5.56 Å². The van der Waals surface area contributed by atoms with Gasteiger partial charge in [0.05, 0.1) is 12.1 Å². The number of ether oxygens (including phenoxy) is 1. The van der Waals surface area contributed by atoms with Crippen LogP contribution in [0, 0.1) is 0 Å². The zero-order chi connectivity index (χ0) is 13.7. The van der Waals surface area contributed by atoms with Gasteiger partial charge in [0.2, 0.25) is 0 Å². The number of hydrogen-bond acceptors (Lipinski definition) is 3. The monoisotopic (exact) mass is 293 g/mol. The smallest absolute Gasteiger partial charge is 0.118 e. The summed E-state index contributed by atoms with van der Waals surface area (Å²) in [6.45, 7) is 0.827. The van der Waals surface area contributed by atoms with E-state index in [1.807, 2.05) is 37.4 Å². The van der Waals surface area contributed by atoms with Crippen LogP contribution in [0.2, 0.25) is 5.02 Å². The second kappa shape index (κ2) is 6.85. The lowest BCUT2D eigenvalue weighted by Crippen LogP contribution is -2.04. The summed E-state index contributed by atoms with van der Waals surface area (Å²) in [7, 11) is 3.59. The predicted octanol–water partition coefficient (Wildman–Crippen LogP) is 4.22. The highest BCUT2D eigenvalue weighted by molar-refractivity contribution is 7.99. The van der Waals surface area contributed by atoms with Crippen molar-refractivity contribution in [2.75, 3.05) is 14.2 Å². The highest BCUT2D eigenvalue weighted by Crippen LogP contribution is 2.34. The first-order valence-electron chi connectivity index (χ1n) is 5.98. The van der Waals surface area contributed by atoms with E-state index in [1.165, 1.54) is 5.56 Å². The molecule has 0 atom stereocenters. The molecule has 2 rings (SSSR count). The van der Waals surface area contributed by atoms with Crippen molar-refractivity contribution in [3.05, 3.63) is 53.1 Å². The Morgan fingerprint density at radius 2 is 1.89 bits per heavy atom. The molecule has 0 saturated heterocycles. The summed E-state index contributed by atoms with van der Waals surface area (Å²) in [5.74, 6) is 0.861. The van der Waals surface area contributed by atoms with Crippen molar-refractivity contribution >= 4 is 23.4 Å². The van der Waals surface area contributed by atoms with Gasteiger partial charge in [0.1, 0.15) is 5.75 Å². The molecule has 0 unspecified atom stereocenters. The van der Waals surface area contributed by atoms with Crippen molar-refractivity contribution in [1.82, 2.24) is 5.32 Å². The first-order valence-corrected chi connectivity index (χ1v) is 7.17. The maximum atomic E-state index is 6.30. The highest BCUT2D eigenvalue weighted by Gasteiger charge is 2.04. The fourth-order valence-electron chi connectivity index (χ4n) is 1.71. The minimum atomic E-state index is 0.786. The van der Waals surface area contributed by atoms with E-state index >= 15 is 0 Å². The zero-order valence-corrected chi connectivity index (χ0v) is 12.5. The van der Waals surface area contributed by atoms with Gasteiger partial charge in [-0.1, -0.05) is 29.4 Å². The number of hydrogen-bond donors (Lipinski definition) is 1. The van der Waals surface area contributed by atoms with Gasteiger partial charge in [0, 0.05) is 16.3 Å². The van der Waals surface area contributed by atoms with Gasteiger partial charge in [-0.25, -0.2) is 0 Å². The fraction of sp³-hybridized carbons (Fsp3) is 0.200.